The lowest BCUT2D eigenvalue weighted by Crippen LogP contribution is -2.49. The molecule has 1 heterocycles. The highest BCUT2D eigenvalue weighted by molar-refractivity contribution is 4.85. The van der Waals surface area contributed by atoms with Crippen LogP contribution in [0.15, 0.2) is 0 Å². The molecule has 0 aromatic carbocycles. The number of likely N-dealkylation sites (N-methyl/N-ethyl adjacent to an activating group) is 1. The normalized spacial score (nSPS) is 33.7. The molecule has 0 amide bonds. The highest BCUT2D eigenvalue weighted by Crippen LogP contribution is 2.20. The SMILES string of the molecule is CC(N)C(C)N(C)C1CCOC1C. The summed E-state index contributed by atoms with van der Waals surface area (Å²) in [5, 5.41) is 0. The van der Waals surface area contributed by atoms with Crippen LogP contribution >= 0.6 is 0 Å². The molecule has 1 fully saturated rings. The lowest BCUT2D eigenvalue weighted by atomic mass is 10.1. The maximum atomic E-state index is 5.87. The molecule has 2 N–H and O–H groups in total. The van der Waals surface area contributed by atoms with Gasteiger partial charge in [-0.05, 0) is 34.2 Å². The van der Waals surface area contributed by atoms with Crippen LogP contribution in [0.1, 0.15) is 27.2 Å². The first-order valence-electron chi connectivity index (χ1n) is 5.13. The van der Waals surface area contributed by atoms with E-state index in [1.807, 2.05) is 0 Å². The van der Waals surface area contributed by atoms with Crippen LogP contribution < -0.4 is 5.73 Å². The Morgan fingerprint density at radius 1 is 1.46 bits per heavy atom. The Balaban J connectivity index is 2.50. The van der Waals surface area contributed by atoms with E-state index in [1.165, 1.54) is 0 Å². The molecule has 0 bridgehead atoms. The Hall–Kier alpha value is -0.120. The van der Waals surface area contributed by atoms with E-state index >= 15 is 0 Å². The second-order valence-corrected chi connectivity index (χ2v) is 4.20. The van der Waals surface area contributed by atoms with Gasteiger partial charge in [0.15, 0.2) is 0 Å². The van der Waals surface area contributed by atoms with E-state index in [1.54, 1.807) is 0 Å². The summed E-state index contributed by atoms with van der Waals surface area (Å²) in [7, 11) is 2.14. The minimum atomic E-state index is 0.220. The summed E-state index contributed by atoms with van der Waals surface area (Å²) in [5.74, 6) is 0. The molecule has 0 aromatic rings. The van der Waals surface area contributed by atoms with Crippen LogP contribution in [0, 0.1) is 0 Å². The van der Waals surface area contributed by atoms with E-state index in [0.717, 1.165) is 13.0 Å². The van der Waals surface area contributed by atoms with E-state index in [9.17, 15) is 0 Å². The van der Waals surface area contributed by atoms with Crippen molar-refractivity contribution in [2.45, 2.75) is 51.4 Å². The molecule has 1 aliphatic rings. The summed E-state index contributed by atoms with van der Waals surface area (Å²) < 4.78 is 5.53. The Morgan fingerprint density at radius 2 is 2.08 bits per heavy atom. The van der Waals surface area contributed by atoms with Crippen molar-refractivity contribution in [1.82, 2.24) is 4.90 Å². The molecule has 3 nitrogen and oxygen atoms in total. The molecule has 13 heavy (non-hydrogen) atoms. The minimum Gasteiger partial charge on any atom is -0.377 e. The smallest absolute Gasteiger partial charge is 0.0703 e. The fourth-order valence-corrected chi connectivity index (χ4v) is 1.93. The predicted molar refractivity (Wildman–Crippen MR) is 54.7 cm³/mol. The highest BCUT2D eigenvalue weighted by atomic mass is 16.5. The van der Waals surface area contributed by atoms with Crippen molar-refractivity contribution in [3.8, 4) is 0 Å². The van der Waals surface area contributed by atoms with Crippen LogP contribution in [0.5, 0.6) is 0 Å². The second-order valence-electron chi connectivity index (χ2n) is 4.20. The largest absolute Gasteiger partial charge is 0.377 e. The topological polar surface area (TPSA) is 38.5 Å². The van der Waals surface area contributed by atoms with E-state index in [-0.39, 0.29) is 6.04 Å². The zero-order chi connectivity index (χ0) is 10.0. The Morgan fingerprint density at radius 3 is 2.46 bits per heavy atom. The number of hydrogen-bond donors (Lipinski definition) is 1. The predicted octanol–water partition coefficient (Wildman–Crippen LogP) is 0.831. The first kappa shape index (κ1) is 11.0. The molecule has 1 saturated heterocycles. The number of nitrogens with zero attached hydrogens (tertiary/aromatic N) is 1. The first-order valence-corrected chi connectivity index (χ1v) is 5.13. The first-order chi connectivity index (χ1) is 6.04. The van der Waals surface area contributed by atoms with Gasteiger partial charge in [0, 0.05) is 24.7 Å². The summed E-state index contributed by atoms with van der Waals surface area (Å²) in [4.78, 5) is 2.35. The number of rotatable bonds is 3. The molecule has 4 unspecified atom stereocenters. The van der Waals surface area contributed by atoms with Crippen molar-refractivity contribution < 1.29 is 4.74 Å². The number of ether oxygens (including phenoxy) is 1. The van der Waals surface area contributed by atoms with Crippen molar-refractivity contribution in [3.63, 3.8) is 0 Å². The number of hydrogen-bond acceptors (Lipinski definition) is 3. The monoisotopic (exact) mass is 186 g/mol. The van der Waals surface area contributed by atoms with Gasteiger partial charge in [-0.15, -0.1) is 0 Å². The van der Waals surface area contributed by atoms with Crippen LogP contribution in [0.3, 0.4) is 0 Å². The molecule has 0 aromatic heterocycles. The summed E-state index contributed by atoms with van der Waals surface area (Å²) >= 11 is 0. The van der Waals surface area contributed by atoms with Gasteiger partial charge in [-0.25, -0.2) is 0 Å². The van der Waals surface area contributed by atoms with Gasteiger partial charge in [-0.2, -0.15) is 0 Å². The Kier molecular flexibility index (Phi) is 3.71. The van der Waals surface area contributed by atoms with Gasteiger partial charge in [0.05, 0.1) is 6.10 Å². The van der Waals surface area contributed by atoms with Gasteiger partial charge in [-0.1, -0.05) is 0 Å². The lowest BCUT2D eigenvalue weighted by Gasteiger charge is -2.34. The van der Waals surface area contributed by atoms with E-state index < -0.39 is 0 Å². The van der Waals surface area contributed by atoms with Crippen molar-refractivity contribution in [3.05, 3.63) is 0 Å². The molecule has 1 rings (SSSR count). The molecule has 3 heteroatoms. The van der Waals surface area contributed by atoms with Crippen molar-refractivity contribution >= 4 is 0 Å². The van der Waals surface area contributed by atoms with Crippen LogP contribution in [0.4, 0.5) is 0 Å². The second kappa shape index (κ2) is 4.40. The zero-order valence-electron chi connectivity index (χ0n) is 9.16. The van der Waals surface area contributed by atoms with Crippen LogP contribution in [-0.2, 0) is 4.74 Å². The third-order valence-electron chi connectivity index (χ3n) is 3.26. The van der Waals surface area contributed by atoms with Crippen molar-refractivity contribution in [2.75, 3.05) is 13.7 Å². The third kappa shape index (κ3) is 2.42. The Bertz CT molecular complexity index is 161. The van der Waals surface area contributed by atoms with Gasteiger partial charge >= 0.3 is 0 Å². The highest BCUT2D eigenvalue weighted by Gasteiger charge is 2.30. The molecule has 1 aliphatic heterocycles. The summed E-state index contributed by atoms with van der Waals surface area (Å²) in [6.45, 7) is 7.27. The maximum Gasteiger partial charge on any atom is 0.0703 e. The molecule has 0 saturated carbocycles. The molecule has 0 aliphatic carbocycles. The molecule has 0 radical (unpaired) electrons. The minimum absolute atomic E-state index is 0.220. The van der Waals surface area contributed by atoms with E-state index in [4.69, 9.17) is 10.5 Å². The molecule has 4 atom stereocenters. The van der Waals surface area contributed by atoms with Gasteiger partial charge < -0.3 is 10.5 Å². The summed E-state index contributed by atoms with van der Waals surface area (Å²) in [5.41, 5.74) is 5.87. The van der Waals surface area contributed by atoms with E-state index in [2.05, 4.69) is 32.7 Å². The molecule has 78 valence electrons. The fraction of sp³-hybridized carbons (Fsp3) is 1.00. The Labute approximate surface area is 81.2 Å². The maximum absolute atomic E-state index is 5.87. The summed E-state index contributed by atoms with van der Waals surface area (Å²) in [6, 6.07) is 1.19. The fourth-order valence-electron chi connectivity index (χ4n) is 1.93. The van der Waals surface area contributed by atoms with Gasteiger partial charge in [-0.3, -0.25) is 4.90 Å². The molecular weight excluding hydrogens is 164 g/mol. The van der Waals surface area contributed by atoms with E-state index in [0.29, 0.717) is 18.2 Å². The van der Waals surface area contributed by atoms with Crippen LogP contribution in [0.25, 0.3) is 0 Å². The van der Waals surface area contributed by atoms with Gasteiger partial charge in [0.1, 0.15) is 0 Å². The summed E-state index contributed by atoms with van der Waals surface area (Å²) in [6.07, 6.45) is 1.49. The van der Waals surface area contributed by atoms with Crippen molar-refractivity contribution in [2.24, 2.45) is 5.73 Å². The number of nitrogens with two attached hydrogens (primary N) is 1. The standard InChI is InChI=1S/C10H22N2O/c1-7(11)8(2)12(4)10-5-6-13-9(10)3/h7-10H,5-6,11H2,1-4H3. The van der Waals surface area contributed by atoms with Crippen molar-refractivity contribution in [1.29, 1.82) is 0 Å². The van der Waals surface area contributed by atoms with Gasteiger partial charge in [0.25, 0.3) is 0 Å². The zero-order valence-corrected chi connectivity index (χ0v) is 9.16. The molecular formula is C10H22N2O. The molecule has 0 spiro atoms. The average Bonchev–Trinajstić information content (AvgIpc) is 2.48. The van der Waals surface area contributed by atoms with Crippen LogP contribution in [0.2, 0.25) is 0 Å². The van der Waals surface area contributed by atoms with Gasteiger partial charge in [0.2, 0.25) is 0 Å². The average molecular weight is 186 g/mol. The quantitative estimate of drug-likeness (QED) is 0.709. The van der Waals surface area contributed by atoms with Crippen LogP contribution in [-0.4, -0.2) is 42.8 Å². The third-order valence-corrected chi connectivity index (χ3v) is 3.26. The lowest BCUT2D eigenvalue weighted by molar-refractivity contribution is 0.0667.